The van der Waals surface area contributed by atoms with Crippen LogP contribution in [0, 0.1) is 11.6 Å². The second-order valence-corrected chi connectivity index (χ2v) is 16.7. The summed E-state index contributed by atoms with van der Waals surface area (Å²) in [6.07, 6.45) is 0.535. The van der Waals surface area contributed by atoms with Crippen molar-refractivity contribution in [2.24, 2.45) is 0 Å². The molecular weight excluding hydrogens is 648 g/mol. The zero-order valence-corrected chi connectivity index (χ0v) is 26.5. The van der Waals surface area contributed by atoms with Crippen molar-refractivity contribution in [1.29, 1.82) is 0 Å². The van der Waals surface area contributed by atoms with Gasteiger partial charge >= 0.3 is 6.43 Å². The summed E-state index contributed by atoms with van der Waals surface area (Å²) in [5.74, 6) is -3.08. The fourth-order valence-electron chi connectivity index (χ4n) is 5.16. The molecule has 10 nitrogen and oxygen atoms in total. The molecule has 0 N–H and O–H groups in total. The molecule has 44 heavy (non-hydrogen) atoms. The molecule has 0 atom stereocenters. The molecule has 242 valence electrons. The summed E-state index contributed by atoms with van der Waals surface area (Å²) in [5, 5.41) is 6.45. The van der Waals surface area contributed by atoms with Crippen LogP contribution in [-0.4, -0.2) is 107 Å². The van der Waals surface area contributed by atoms with E-state index in [1.807, 2.05) is 9.21 Å². The van der Waals surface area contributed by atoms with Gasteiger partial charge in [0.15, 0.2) is 0 Å². The van der Waals surface area contributed by atoms with Crippen molar-refractivity contribution in [3.05, 3.63) is 64.5 Å². The second kappa shape index (κ2) is 13.0. The van der Waals surface area contributed by atoms with E-state index in [0.717, 1.165) is 48.7 Å². The van der Waals surface area contributed by atoms with Crippen LogP contribution < -0.4 is 4.31 Å². The van der Waals surface area contributed by atoms with Gasteiger partial charge in [-0.05, 0) is 30.3 Å². The van der Waals surface area contributed by atoms with Crippen molar-refractivity contribution in [3.63, 3.8) is 0 Å². The highest BCUT2D eigenvalue weighted by Crippen LogP contribution is 2.30. The average molecular weight is 681 g/mol. The summed E-state index contributed by atoms with van der Waals surface area (Å²) in [5.41, 5.74) is 0.0668. The molecule has 0 aliphatic carbocycles. The highest BCUT2D eigenvalue weighted by molar-refractivity contribution is 7.99. The van der Waals surface area contributed by atoms with Gasteiger partial charge in [-0.1, -0.05) is 27.8 Å². The zero-order chi connectivity index (χ0) is 31.8. The van der Waals surface area contributed by atoms with Gasteiger partial charge in [-0.3, -0.25) is 18.3 Å². The summed E-state index contributed by atoms with van der Waals surface area (Å²) in [6, 6.07) is 7.41. The van der Waals surface area contributed by atoms with Crippen LogP contribution >= 0.6 is 11.6 Å². The third-order valence-electron chi connectivity index (χ3n) is 7.88. The van der Waals surface area contributed by atoms with Gasteiger partial charge < -0.3 is 4.42 Å². The van der Waals surface area contributed by atoms with Gasteiger partial charge in [0.1, 0.15) is 11.6 Å². The van der Waals surface area contributed by atoms with Crippen molar-refractivity contribution < 1.29 is 34.6 Å². The number of thiol groups is 1. The van der Waals surface area contributed by atoms with Crippen LogP contribution in [0.5, 0.6) is 0 Å². The van der Waals surface area contributed by atoms with Gasteiger partial charge in [-0.15, -0.1) is 10.2 Å². The van der Waals surface area contributed by atoms with Crippen molar-refractivity contribution in [1.82, 2.24) is 24.3 Å². The van der Waals surface area contributed by atoms with Crippen molar-refractivity contribution >= 4 is 37.4 Å². The van der Waals surface area contributed by atoms with Crippen LogP contribution in [0.2, 0.25) is 5.02 Å². The molecule has 3 aromatic rings. The average Bonchev–Trinajstić information content (AvgIpc) is 3.43. The molecule has 0 amide bonds. The summed E-state index contributed by atoms with van der Waals surface area (Å²) >= 11 is 5.96. The Hall–Kier alpha value is -2.63. The van der Waals surface area contributed by atoms with E-state index in [1.165, 1.54) is 18.2 Å². The Balaban J connectivity index is 1.27. The largest absolute Gasteiger partial charge is 0.415 e. The van der Waals surface area contributed by atoms with Crippen molar-refractivity contribution in [3.8, 4) is 11.5 Å². The Kier molecular flexibility index (Phi) is 9.68. The number of aromatic nitrogens is 2. The minimum Gasteiger partial charge on any atom is -0.415 e. The predicted molar refractivity (Wildman–Crippen MR) is 161 cm³/mol. The lowest BCUT2D eigenvalue weighted by molar-refractivity contribution is 0.0440. The number of benzene rings is 2. The first kappa shape index (κ1) is 32.8. The van der Waals surface area contributed by atoms with E-state index in [-0.39, 0.29) is 40.0 Å². The number of alkyl halides is 2. The zero-order valence-electron chi connectivity index (χ0n) is 24.0. The monoisotopic (exact) mass is 680 g/mol. The van der Waals surface area contributed by atoms with Crippen LogP contribution in [-0.2, 0) is 26.7 Å². The lowest BCUT2D eigenvalue weighted by Crippen LogP contribution is -2.65. The molecular formula is C27H33ClF4N6O4S2. The Morgan fingerprint density at radius 3 is 2.34 bits per heavy atom. The number of hydrogen-bond donors (Lipinski definition) is 1. The van der Waals surface area contributed by atoms with Crippen LogP contribution in [0.15, 0.2) is 40.8 Å². The minimum absolute atomic E-state index is 0.0294. The van der Waals surface area contributed by atoms with E-state index < -0.39 is 50.6 Å². The Labute approximate surface area is 259 Å². The highest BCUT2D eigenvalue weighted by atomic mass is 35.5. The maximum Gasteiger partial charge on any atom is 0.314 e. The predicted octanol–water partition coefficient (Wildman–Crippen LogP) is 3.44. The van der Waals surface area contributed by atoms with E-state index in [4.69, 9.17) is 16.0 Å². The molecule has 0 unspecified atom stereocenters. The molecule has 0 radical (unpaired) electrons. The third-order valence-corrected chi connectivity index (χ3v) is 11.6. The van der Waals surface area contributed by atoms with Gasteiger partial charge in [0, 0.05) is 75.5 Å². The number of halogens is 5. The van der Waals surface area contributed by atoms with E-state index in [9.17, 15) is 25.8 Å². The van der Waals surface area contributed by atoms with E-state index in [1.54, 1.807) is 12.5 Å². The molecule has 17 heteroatoms. The first-order valence-corrected chi connectivity index (χ1v) is 18.4. The van der Waals surface area contributed by atoms with Crippen LogP contribution in [0.3, 0.4) is 0 Å². The fraction of sp³-hybridized carbons (Fsp3) is 0.481. The lowest BCUT2D eigenvalue weighted by atomic mass is 10.1. The van der Waals surface area contributed by atoms with Gasteiger partial charge in [0.2, 0.25) is 15.9 Å². The summed E-state index contributed by atoms with van der Waals surface area (Å²) in [7, 11) is -6.32. The Morgan fingerprint density at radius 1 is 1.05 bits per heavy atom. The van der Waals surface area contributed by atoms with Crippen LogP contribution in [0.1, 0.15) is 17.9 Å². The van der Waals surface area contributed by atoms with E-state index in [0.29, 0.717) is 19.1 Å². The molecule has 3 heterocycles. The topological polar surface area (TPSA) is 103 Å². The van der Waals surface area contributed by atoms with Crippen LogP contribution in [0.4, 0.5) is 23.2 Å². The summed E-state index contributed by atoms with van der Waals surface area (Å²) in [4.78, 5) is 4.37. The third kappa shape index (κ3) is 7.42. The van der Waals surface area contributed by atoms with Gasteiger partial charge in [0.05, 0.1) is 23.0 Å². The quantitative estimate of drug-likeness (QED) is 0.243. The van der Waals surface area contributed by atoms with E-state index >= 15 is 4.39 Å². The molecule has 2 aliphatic heterocycles. The molecule has 1 aromatic heterocycles. The number of sulfonamides is 1. The molecule has 0 saturated carbocycles. The van der Waals surface area contributed by atoms with Crippen LogP contribution in [0.25, 0.3) is 11.5 Å². The standard InChI is InChI=1S/C27H33ClF4N6O4S2/c1-43(2,39)37-16-21(17-37)36-9-7-35(8-10-36)11-12-44(40,41)38(20-5-6-23(29)22(28)14-20)15-19-4-3-18(13-24(19)30)26-33-34-27(42-26)25(31)32/h3-6,13-14,21,25,43H,7-12,15-17H2,1-2H3. The first-order chi connectivity index (χ1) is 20.7. The Morgan fingerprint density at radius 2 is 1.75 bits per heavy atom. The maximum atomic E-state index is 15.2. The number of piperazine rings is 1. The van der Waals surface area contributed by atoms with E-state index in [2.05, 4.69) is 15.1 Å². The maximum absolute atomic E-state index is 15.2. The highest BCUT2D eigenvalue weighted by Gasteiger charge is 2.37. The van der Waals surface area contributed by atoms with Gasteiger partial charge in [0.25, 0.3) is 5.89 Å². The second-order valence-electron chi connectivity index (χ2n) is 11.2. The fourth-order valence-corrected chi connectivity index (χ4v) is 7.98. The van der Waals surface area contributed by atoms with Crippen molar-refractivity contribution in [2.45, 2.75) is 19.0 Å². The van der Waals surface area contributed by atoms with Gasteiger partial charge in [-0.25, -0.2) is 21.5 Å². The number of nitrogens with zero attached hydrogens (tertiary/aromatic N) is 6. The summed E-state index contributed by atoms with van der Waals surface area (Å²) in [6.45, 7) is 4.13. The van der Waals surface area contributed by atoms with Crippen molar-refractivity contribution in [2.75, 3.05) is 68.4 Å². The molecule has 2 saturated heterocycles. The molecule has 0 spiro atoms. The molecule has 0 bridgehead atoms. The Bertz CT molecular complexity index is 1640. The molecule has 2 aliphatic rings. The normalized spacial score (nSPS) is 18.1. The van der Waals surface area contributed by atoms with Gasteiger partial charge in [-0.2, -0.15) is 8.78 Å². The smallest absolute Gasteiger partial charge is 0.314 e. The first-order valence-electron chi connectivity index (χ1n) is 13.8. The SMILES string of the molecule is C[SH](C)(=O)N1CC(N2CCN(CCS(=O)(=O)N(Cc3ccc(-c4nnc(C(F)F)o4)cc3F)c3ccc(F)c(Cl)c3)CC2)C1. The number of rotatable bonds is 11. The lowest BCUT2D eigenvalue weighted by Gasteiger charge is -2.50. The molecule has 2 aromatic carbocycles. The molecule has 5 rings (SSSR count). The number of anilines is 1. The minimum atomic E-state index is -4.07. The molecule has 2 fully saturated rings. The summed E-state index contributed by atoms with van der Waals surface area (Å²) < 4.78 is 102. The number of hydrogen-bond acceptors (Lipinski definition) is 8.